The molecule has 0 saturated heterocycles. The van der Waals surface area contributed by atoms with Crippen LogP contribution in [-0.2, 0) is 16.4 Å². The van der Waals surface area contributed by atoms with Crippen molar-refractivity contribution in [3.8, 4) is 5.75 Å². The molecule has 26 heavy (non-hydrogen) atoms. The Morgan fingerprint density at radius 3 is 2.35 bits per heavy atom. The van der Waals surface area contributed by atoms with Gasteiger partial charge in [0.05, 0.1) is 12.0 Å². The molecule has 0 radical (unpaired) electrons. The van der Waals surface area contributed by atoms with Crippen LogP contribution in [0.5, 0.6) is 5.75 Å². The summed E-state index contributed by atoms with van der Waals surface area (Å²) in [6.45, 7) is 3.98. The van der Waals surface area contributed by atoms with Crippen LogP contribution in [0, 0.1) is 0 Å². The number of ether oxygens (including phenoxy) is 1. The molecule has 2 N–H and O–H groups in total. The van der Waals surface area contributed by atoms with Crippen LogP contribution in [0.15, 0.2) is 53.4 Å². The maximum atomic E-state index is 12.4. The van der Waals surface area contributed by atoms with Gasteiger partial charge < -0.3 is 10.1 Å². The maximum absolute atomic E-state index is 12.4. The summed E-state index contributed by atoms with van der Waals surface area (Å²) < 4.78 is 32.6. The van der Waals surface area contributed by atoms with Gasteiger partial charge in [0.1, 0.15) is 5.75 Å². The van der Waals surface area contributed by atoms with Gasteiger partial charge in [-0.3, -0.25) is 4.79 Å². The summed E-state index contributed by atoms with van der Waals surface area (Å²) in [5.41, 5.74) is 1.35. The van der Waals surface area contributed by atoms with Gasteiger partial charge in [0, 0.05) is 18.2 Å². The van der Waals surface area contributed by atoms with Crippen LogP contribution < -0.4 is 14.8 Å². The number of para-hydroxylation sites is 1. The first kappa shape index (κ1) is 19.9. The third kappa shape index (κ3) is 5.31. The van der Waals surface area contributed by atoms with E-state index in [0.29, 0.717) is 12.0 Å². The van der Waals surface area contributed by atoms with Crippen LogP contribution in [0.3, 0.4) is 0 Å². The number of nitrogens with one attached hydrogen (secondary N) is 2. The van der Waals surface area contributed by atoms with Gasteiger partial charge in [0.2, 0.25) is 10.0 Å². The maximum Gasteiger partial charge on any atom is 0.251 e. The summed E-state index contributed by atoms with van der Waals surface area (Å²) in [6.07, 6.45) is 0.512. The highest BCUT2D eigenvalue weighted by atomic mass is 32.2. The highest BCUT2D eigenvalue weighted by Gasteiger charge is 2.15. The van der Waals surface area contributed by atoms with E-state index in [1.807, 2.05) is 38.1 Å². The Bertz CT molecular complexity index is 846. The van der Waals surface area contributed by atoms with Crippen LogP contribution in [0.25, 0.3) is 0 Å². The van der Waals surface area contributed by atoms with E-state index in [2.05, 4.69) is 10.0 Å². The molecule has 6 nitrogen and oxygen atoms in total. The molecular formula is C19H24N2O4S. The lowest BCUT2D eigenvalue weighted by molar-refractivity contribution is 0.0943. The quantitative estimate of drug-likeness (QED) is 0.741. The summed E-state index contributed by atoms with van der Waals surface area (Å²) >= 11 is 0. The molecule has 0 aromatic heterocycles. The molecule has 0 saturated carbocycles. The molecule has 0 heterocycles. The minimum Gasteiger partial charge on any atom is -0.496 e. The molecule has 0 bridgehead atoms. The largest absolute Gasteiger partial charge is 0.496 e. The van der Waals surface area contributed by atoms with Crippen molar-refractivity contribution in [2.24, 2.45) is 0 Å². The fraction of sp³-hybridized carbons (Fsp3) is 0.316. The SMILES string of the molecule is COc1ccccc1CCNS(=O)(=O)c1ccc(C(=O)NC(C)C)cc1. The van der Waals surface area contributed by atoms with Gasteiger partial charge in [-0.05, 0) is 56.2 Å². The molecule has 0 aliphatic rings. The van der Waals surface area contributed by atoms with Crippen molar-refractivity contribution in [1.29, 1.82) is 0 Å². The molecule has 0 aliphatic heterocycles. The number of amides is 1. The number of methoxy groups -OCH3 is 1. The lowest BCUT2D eigenvalue weighted by atomic mass is 10.1. The third-order valence-corrected chi connectivity index (χ3v) is 5.20. The standard InChI is InChI=1S/C19H24N2O4S/c1-14(2)21-19(22)16-8-10-17(11-9-16)26(23,24)20-13-12-15-6-4-5-7-18(15)25-3/h4-11,14,20H,12-13H2,1-3H3,(H,21,22). The van der Waals surface area contributed by atoms with Gasteiger partial charge in [-0.15, -0.1) is 0 Å². The Kier molecular flexibility index (Phi) is 6.76. The number of sulfonamides is 1. The van der Waals surface area contributed by atoms with Gasteiger partial charge in [0.25, 0.3) is 5.91 Å². The fourth-order valence-corrected chi connectivity index (χ4v) is 3.48. The number of hydrogen-bond acceptors (Lipinski definition) is 4. The third-order valence-electron chi connectivity index (χ3n) is 3.73. The fourth-order valence-electron chi connectivity index (χ4n) is 2.44. The van der Waals surface area contributed by atoms with Crippen molar-refractivity contribution in [1.82, 2.24) is 10.0 Å². The van der Waals surface area contributed by atoms with Gasteiger partial charge >= 0.3 is 0 Å². The average Bonchev–Trinajstić information content (AvgIpc) is 2.61. The van der Waals surface area contributed by atoms with Gasteiger partial charge in [0.15, 0.2) is 0 Å². The first-order valence-corrected chi connectivity index (χ1v) is 9.84. The predicted molar refractivity (Wildman–Crippen MR) is 101 cm³/mol. The zero-order chi connectivity index (χ0) is 19.2. The molecule has 2 aromatic carbocycles. The summed E-state index contributed by atoms with van der Waals surface area (Å²) in [6, 6.07) is 13.4. The Labute approximate surface area is 154 Å². The van der Waals surface area contributed by atoms with Gasteiger partial charge in [-0.25, -0.2) is 13.1 Å². The van der Waals surface area contributed by atoms with Crippen molar-refractivity contribution in [3.63, 3.8) is 0 Å². The summed E-state index contributed by atoms with van der Waals surface area (Å²) in [4.78, 5) is 12.0. The minimum atomic E-state index is -3.64. The van der Waals surface area contributed by atoms with Crippen molar-refractivity contribution in [2.75, 3.05) is 13.7 Å². The summed E-state index contributed by atoms with van der Waals surface area (Å²) in [7, 11) is -2.05. The molecule has 2 aromatic rings. The van der Waals surface area contributed by atoms with E-state index >= 15 is 0 Å². The average molecular weight is 376 g/mol. The molecule has 0 fully saturated rings. The van der Waals surface area contributed by atoms with Gasteiger partial charge in [-0.2, -0.15) is 0 Å². The normalized spacial score (nSPS) is 11.4. The molecular weight excluding hydrogens is 352 g/mol. The van der Waals surface area contributed by atoms with E-state index < -0.39 is 10.0 Å². The van der Waals surface area contributed by atoms with Crippen molar-refractivity contribution in [2.45, 2.75) is 31.2 Å². The topological polar surface area (TPSA) is 84.5 Å². The minimum absolute atomic E-state index is 0.0163. The molecule has 2 rings (SSSR count). The lowest BCUT2D eigenvalue weighted by Crippen LogP contribution is -2.30. The predicted octanol–water partition coefficient (Wildman–Crippen LogP) is 2.35. The Hall–Kier alpha value is -2.38. The molecule has 0 unspecified atom stereocenters. The number of benzene rings is 2. The monoisotopic (exact) mass is 376 g/mol. The summed E-state index contributed by atoms with van der Waals surface area (Å²) in [5, 5.41) is 2.76. The first-order valence-electron chi connectivity index (χ1n) is 8.36. The molecule has 1 amide bonds. The second-order valence-electron chi connectivity index (χ2n) is 6.11. The highest BCUT2D eigenvalue weighted by molar-refractivity contribution is 7.89. The van der Waals surface area contributed by atoms with Gasteiger partial charge in [-0.1, -0.05) is 18.2 Å². The number of carbonyl (C=O) groups is 1. The van der Waals surface area contributed by atoms with Crippen molar-refractivity contribution >= 4 is 15.9 Å². The summed E-state index contributed by atoms with van der Waals surface area (Å²) in [5.74, 6) is 0.500. The second-order valence-corrected chi connectivity index (χ2v) is 7.88. The zero-order valence-corrected chi connectivity index (χ0v) is 16.0. The number of carbonyl (C=O) groups excluding carboxylic acids is 1. The highest BCUT2D eigenvalue weighted by Crippen LogP contribution is 2.17. The van der Waals surface area contributed by atoms with E-state index in [0.717, 1.165) is 11.3 Å². The van der Waals surface area contributed by atoms with Crippen molar-refractivity contribution < 1.29 is 17.9 Å². The Morgan fingerprint density at radius 1 is 1.08 bits per heavy atom. The molecule has 7 heteroatoms. The van der Waals surface area contributed by atoms with Crippen LogP contribution >= 0.6 is 0 Å². The smallest absolute Gasteiger partial charge is 0.251 e. The zero-order valence-electron chi connectivity index (χ0n) is 15.2. The Balaban J connectivity index is 2.00. The molecule has 0 spiro atoms. The van der Waals surface area contributed by atoms with Crippen LogP contribution in [0.1, 0.15) is 29.8 Å². The van der Waals surface area contributed by atoms with E-state index in [1.54, 1.807) is 7.11 Å². The van der Waals surface area contributed by atoms with Crippen LogP contribution in [0.2, 0.25) is 0 Å². The van der Waals surface area contributed by atoms with Crippen LogP contribution in [-0.4, -0.2) is 34.0 Å². The Morgan fingerprint density at radius 2 is 1.73 bits per heavy atom. The lowest BCUT2D eigenvalue weighted by Gasteiger charge is -2.11. The molecule has 140 valence electrons. The van der Waals surface area contributed by atoms with E-state index in [-0.39, 0.29) is 23.4 Å². The molecule has 0 atom stereocenters. The first-order chi connectivity index (χ1) is 12.3. The number of hydrogen-bond donors (Lipinski definition) is 2. The van der Waals surface area contributed by atoms with E-state index in [1.165, 1.54) is 24.3 Å². The second kappa shape index (κ2) is 8.82. The number of rotatable bonds is 8. The van der Waals surface area contributed by atoms with Crippen LogP contribution in [0.4, 0.5) is 0 Å². The van der Waals surface area contributed by atoms with Crippen molar-refractivity contribution in [3.05, 3.63) is 59.7 Å². The van der Waals surface area contributed by atoms with E-state index in [9.17, 15) is 13.2 Å². The van der Waals surface area contributed by atoms with E-state index in [4.69, 9.17) is 4.74 Å². The molecule has 0 aliphatic carbocycles.